The number of nitrogens with zero attached hydrogens (tertiary/aromatic N) is 3. The monoisotopic (exact) mass is 344 g/mol. The number of carboxylic acid groups (broad SMARTS) is 2. The van der Waals surface area contributed by atoms with Crippen molar-refractivity contribution in [2.24, 2.45) is 0 Å². The van der Waals surface area contributed by atoms with Crippen molar-refractivity contribution >= 4 is 28.8 Å². The lowest BCUT2D eigenvalue weighted by atomic mass is 10.3. The van der Waals surface area contributed by atoms with Gasteiger partial charge in [-0.05, 0) is 25.1 Å². The second-order valence-corrected chi connectivity index (χ2v) is 5.32. The van der Waals surface area contributed by atoms with Crippen molar-refractivity contribution in [3.05, 3.63) is 42.6 Å². The molecule has 1 saturated heterocycles. The molecule has 0 bridgehead atoms. The predicted molar refractivity (Wildman–Crippen MR) is 93.6 cm³/mol. The number of nitrogens with one attached hydrogen (secondary N) is 1. The SMILES string of the molecule is O=C(O)/C=C/C(=O)O.c1ccc2nc(N3CCCNCC3)cnc2c1. The van der Waals surface area contributed by atoms with Crippen LogP contribution in [0.4, 0.5) is 5.82 Å². The molecule has 0 amide bonds. The smallest absolute Gasteiger partial charge is 0.328 e. The van der Waals surface area contributed by atoms with E-state index in [1.807, 2.05) is 30.5 Å². The van der Waals surface area contributed by atoms with E-state index in [0.29, 0.717) is 12.2 Å². The zero-order valence-electron chi connectivity index (χ0n) is 13.6. The molecule has 25 heavy (non-hydrogen) atoms. The third-order valence-electron chi connectivity index (χ3n) is 3.47. The molecule has 1 aromatic heterocycles. The van der Waals surface area contributed by atoms with E-state index in [1.165, 1.54) is 0 Å². The minimum Gasteiger partial charge on any atom is -0.478 e. The molecule has 3 N–H and O–H groups in total. The van der Waals surface area contributed by atoms with Gasteiger partial charge >= 0.3 is 11.9 Å². The molecule has 132 valence electrons. The summed E-state index contributed by atoms with van der Waals surface area (Å²) >= 11 is 0. The molecule has 0 aliphatic carbocycles. The standard InChI is InChI=1S/C13H16N4.C4H4O4/c1-2-5-12-11(4-1)15-10-13(16-12)17-8-3-6-14-7-9-17;5-3(6)1-2-4(7)8/h1-2,4-5,10,14H,3,6-9H2;1-2H,(H,5,6)(H,7,8)/b;2-1+. The Kier molecular flexibility index (Phi) is 6.85. The molecule has 0 atom stereocenters. The van der Waals surface area contributed by atoms with E-state index in [4.69, 9.17) is 10.2 Å². The zero-order valence-corrected chi connectivity index (χ0v) is 13.6. The highest BCUT2D eigenvalue weighted by molar-refractivity contribution is 5.89. The van der Waals surface area contributed by atoms with Crippen molar-refractivity contribution in [2.45, 2.75) is 6.42 Å². The van der Waals surface area contributed by atoms with Gasteiger partial charge < -0.3 is 20.4 Å². The molecule has 0 saturated carbocycles. The maximum atomic E-state index is 9.55. The Balaban J connectivity index is 0.000000242. The highest BCUT2D eigenvalue weighted by Gasteiger charge is 2.11. The number of benzene rings is 1. The fourth-order valence-corrected chi connectivity index (χ4v) is 2.32. The number of fused-ring (bicyclic) bond motifs is 1. The molecule has 1 aromatic carbocycles. The number of para-hydroxylation sites is 2. The molecular formula is C17H20N4O4. The lowest BCUT2D eigenvalue weighted by molar-refractivity contribution is -0.134. The Hall–Kier alpha value is -3.00. The Labute approximate surface area is 144 Å². The number of hydrogen-bond donors (Lipinski definition) is 3. The maximum absolute atomic E-state index is 9.55. The molecule has 3 rings (SSSR count). The van der Waals surface area contributed by atoms with E-state index >= 15 is 0 Å². The van der Waals surface area contributed by atoms with Gasteiger partial charge in [-0.3, -0.25) is 4.98 Å². The number of aromatic nitrogens is 2. The molecule has 1 aliphatic heterocycles. The normalized spacial score (nSPS) is 14.6. The topological polar surface area (TPSA) is 116 Å². The number of carbonyl (C=O) groups is 2. The van der Waals surface area contributed by atoms with Crippen LogP contribution in [0, 0.1) is 0 Å². The van der Waals surface area contributed by atoms with Gasteiger partial charge in [0.1, 0.15) is 5.82 Å². The summed E-state index contributed by atoms with van der Waals surface area (Å²) in [7, 11) is 0. The van der Waals surface area contributed by atoms with Crippen molar-refractivity contribution in [3.63, 3.8) is 0 Å². The van der Waals surface area contributed by atoms with Crippen molar-refractivity contribution in [1.82, 2.24) is 15.3 Å². The molecule has 0 spiro atoms. The molecule has 8 nitrogen and oxygen atoms in total. The molecule has 2 aromatic rings. The minimum absolute atomic E-state index is 0.558. The van der Waals surface area contributed by atoms with Crippen LogP contribution < -0.4 is 10.2 Å². The van der Waals surface area contributed by atoms with Crippen LogP contribution in [0.25, 0.3) is 11.0 Å². The summed E-state index contributed by atoms with van der Waals surface area (Å²) in [6.07, 6.45) is 4.16. The summed E-state index contributed by atoms with van der Waals surface area (Å²) in [6.45, 7) is 4.18. The zero-order chi connectivity index (χ0) is 18.1. The summed E-state index contributed by atoms with van der Waals surface area (Å²) in [5, 5.41) is 19.0. The van der Waals surface area contributed by atoms with Gasteiger partial charge in [0.05, 0.1) is 17.2 Å². The molecule has 0 unspecified atom stereocenters. The van der Waals surface area contributed by atoms with Gasteiger partial charge in [0.2, 0.25) is 0 Å². The fourth-order valence-electron chi connectivity index (χ4n) is 2.32. The van der Waals surface area contributed by atoms with Crippen molar-refractivity contribution in [3.8, 4) is 0 Å². The van der Waals surface area contributed by atoms with Crippen LogP contribution in [0.1, 0.15) is 6.42 Å². The van der Waals surface area contributed by atoms with Gasteiger partial charge in [0, 0.05) is 31.8 Å². The van der Waals surface area contributed by atoms with Crippen LogP contribution >= 0.6 is 0 Å². The summed E-state index contributed by atoms with van der Waals surface area (Å²) in [4.78, 5) is 30.6. The number of hydrogen-bond acceptors (Lipinski definition) is 6. The first-order chi connectivity index (χ1) is 12.1. The second-order valence-electron chi connectivity index (χ2n) is 5.32. The van der Waals surface area contributed by atoms with Gasteiger partial charge in [-0.15, -0.1) is 0 Å². The van der Waals surface area contributed by atoms with Gasteiger partial charge in [0.15, 0.2) is 0 Å². The number of anilines is 1. The molecule has 8 heteroatoms. The van der Waals surface area contributed by atoms with Crippen LogP contribution in [0.15, 0.2) is 42.6 Å². The highest BCUT2D eigenvalue weighted by Crippen LogP contribution is 2.15. The molecular weight excluding hydrogens is 324 g/mol. The van der Waals surface area contributed by atoms with Crippen LogP contribution in [0.2, 0.25) is 0 Å². The van der Waals surface area contributed by atoms with Crippen molar-refractivity contribution in [2.75, 3.05) is 31.1 Å². The minimum atomic E-state index is -1.26. The third kappa shape index (κ3) is 6.19. The van der Waals surface area contributed by atoms with E-state index in [1.54, 1.807) is 0 Å². The Morgan fingerprint density at radius 3 is 2.40 bits per heavy atom. The average molecular weight is 344 g/mol. The van der Waals surface area contributed by atoms with Crippen LogP contribution in [-0.4, -0.2) is 58.3 Å². The molecule has 0 radical (unpaired) electrons. The quantitative estimate of drug-likeness (QED) is 0.710. The highest BCUT2D eigenvalue weighted by atomic mass is 16.4. The van der Waals surface area contributed by atoms with Gasteiger partial charge in [0.25, 0.3) is 0 Å². The average Bonchev–Trinajstić information content (AvgIpc) is 2.89. The second kappa shape index (κ2) is 9.33. The maximum Gasteiger partial charge on any atom is 0.328 e. The summed E-state index contributed by atoms with van der Waals surface area (Å²) in [5.74, 6) is -1.52. The Morgan fingerprint density at radius 2 is 1.72 bits per heavy atom. The van der Waals surface area contributed by atoms with Crippen molar-refractivity contribution in [1.29, 1.82) is 0 Å². The van der Waals surface area contributed by atoms with Crippen LogP contribution in [0.5, 0.6) is 0 Å². The lowest BCUT2D eigenvalue weighted by Crippen LogP contribution is -2.28. The van der Waals surface area contributed by atoms with E-state index in [9.17, 15) is 9.59 Å². The van der Waals surface area contributed by atoms with Crippen molar-refractivity contribution < 1.29 is 19.8 Å². The molecule has 1 aliphatic rings. The number of rotatable bonds is 3. The Bertz CT molecular complexity index is 739. The molecule has 2 heterocycles. The first-order valence-electron chi connectivity index (χ1n) is 7.87. The summed E-state index contributed by atoms with van der Waals surface area (Å²) in [6, 6.07) is 8.01. The van der Waals surface area contributed by atoms with E-state index < -0.39 is 11.9 Å². The lowest BCUT2D eigenvalue weighted by Gasteiger charge is -2.20. The van der Waals surface area contributed by atoms with E-state index in [2.05, 4.69) is 20.2 Å². The third-order valence-corrected chi connectivity index (χ3v) is 3.47. The van der Waals surface area contributed by atoms with Gasteiger partial charge in [-0.2, -0.15) is 0 Å². The predicted octanol–water partition coefficient (Wildman–Crippen LogP) is 1.14. The number of carboxylic acids is 2. The number of aliphatic carboxylic acids is 2. The Morgan fingerprint density at radius 1 is 1.04 bits per heavy atom. The first-order valence-corrected chi connectivity index (χ1v) is 7.87. The van der Waals surface area contributed by atoms with Gasteiger partial charge in [-0.1, -0.05) is 12.1 Å². The van der Waals surface area contributed by atoms with E-state index in [-0.39, 0.29) is 0 Å². The summed E-state index contributed by atoms with van der Waals surface area (Å²) < 4.78 is 0. The first kappa shape index (κ1) is 18.3. The van der Waals surface area contributed by atoms with Gasteiger partial charge in [-0.25, -0.2) is 14.6 Å². The van der Waals surface area contributed by atoms with Crippen LogP contribution in [0.3, 0.4) is 0 Å². The fraction of sp³-hybridized carbons (Fsp3) is 0.294. The summed E-state index contributed by atoms with van der Waals surface area (Å²) in [5.41, 5.74) is 1.94. The van der Waals surface area contributed by atoms with E-state index in [0.717, 1.165) is 49.5 Å². The van der Waals surface area contributed by atoms with Crippen LogP contribution in [-0.2, 0) is 9.59 Å². The largest absolute Gasteiger partial charge is 0.478 e. The molecule has 1 fully saturated rings.